The fraction of sp³-hybridized carbons (Fsp3) is 0.600. The molecule has 2 rings (SSSR count). The summed E-state index contributed by atoms with van der Waals surface area (Å²) in [4.78, 5) is 2.29. The Kier molecular flexibility index (Phi) is 4.23. The maximum atomic E-state index is 13.4. The third kappa shape index (κ3) is 2.83. The van der Waals surface area contributed by atoms with Crippen LogP contribution in [-0.2, 0) is 6.42 Å². The summed E-state index contributed by atoms with van der Waals surface area (Å²) in [5.41, 5.74) is 8.19. The van der Waals surface area contributed by atoms with Crippen LogP contribution in [0.1, 0.15) is 38.2 Å². The molecule has 1 fully saturated rings. The molecule has 0 radical (unpaired) electrons. The predicted molar refractivity (Wildman–Crippen MR) is 74.4 cm³/mol. The number of benzene rings is 1. The van der Waals surface area contributed by atoms with Crippen molar-refractivity contribution in [3.05, 3.63) is 29.6 Å². The van der Waals surface area contributed by atoms with E-state index in [-0.39, 0.29) is 11.9 Å². The van der Waals surface area contributed by atoms with Crippen molar-refractivity contribution in [1.29, 1.82) is 0 Å². The first-order valence-corrected chi connectivity index (χ1v) is 6.88. The SMILES string of the molecule is CCC(N)Cc1cc(F)ccc1N(C)C1CCC1. The van der Waals surface area contributed by atoms with E-state index in [4.69, 9.17) is 5.73 Å². The van der Waals surface area contributed by atoms with Crippen LogP contribution < -0.4 is 10.6 Å². The number of nitrogens with two attached hydrogens (primary N) is 1. The molecule has 1 saturated carbocycles. The zero-order valence-electron chi connectivity index (χ0n) is 11.3. The molecule has 3 heteroatoms. The minimum atomic E-state index is -0.168. The Hall–Kier alpha value is -1.09. The Labute approximate surface area is 109 Å². The molecule has 100 valence electrons. The second-order valence-corrected chi connectivity index (χ2v) is 5.34. The summed E-state index contributed by atoms with van der Waals surface area (Å²) < 4.78 is 13.4. The number of hydrogen-bond donors (Lipinski definition) is 1. The fourth-order valence-corrected chi connectivity index (χ4v) is 2.46. The summed E-state index contributed by atoms with van der Waals surface area (Å²) in [6, 6.07) is 5.81. The lowest BCUT2D eigenvalue weighted by Crippen LogP contribution is -2.38. The predicted octanol–water partition coefficient (Wildman–Crippen LogP) is 3.09. The van der Waals surface area contributed by atoms with Crippen LogP contribution in [0.25, 0.3) is 0 Å². The number of anilines is 1. The van der Waals surface area contributed by atoms with Gasteiger partial charge < -0.3 is 10.6 Å². The second kappa shape index (κ2) is 5.70. The largest absolute Gasteiger partial charge is 0.371 e. The van der Waals surface area contributed by atoms with Gasteiger partial charge in [0, 0.05) is 24.8 Å². The van der Waals surface area contributed by atoms with Crippen LogP contribution in [0.2, 0.25) is 0 Å². The third-order valence-corrected chi connectivity index (χ3v) is 4.05. The lowest BCUT2D eigenvalue weighted by atomic mass is 9.90. The van der Waals surface area contributed by atoms with Gasteiger partial charge in [-0.3, -0.25) is 0 Å². The minimum Gasteiger partial charge on any atom is -0.371 e. The van der Waals surface area contributed by atoms with Gasteiger partial charge in [0.05, 0.1) is 0 Å². The van der Waals surface area contributed by atoms with Gasteiger partial charge in [-0.25, -0.2) is 4.39 Å². The summed E-state index contributed by atoms with van der Waals surface area (Å²) in [7, 11) is 2.11. The van der Waals surface area contributed by atoms with Crippen LogP contribution in [0.3, 0.4) is 0 Å². The molecule has 1 aliphatic carbocycles. The quantitative estimate of drug-likeness (QED) is 0.870. The van der Waals surface area contributed by atoms with E-state index >= 15 is 0 Å². The van der Waals surface area contributed by atoms with E-state index in [1.165, 1.54) is 19.3 Å². The van der Waals surface area contributed by atoms with E-state index in [2.05, 4.69) is 18.9 Å². The topological polar surface area (TPSA) is 29.3 Å². The Morgan fingerprint density at radius 1 is 1.44 bits per heavy atom. The highest BCUT2D eigenvalue weighted by atomic mass is 19.1. The molecule has 0 spiro atoms. The standard InChI is InChI=1S/C15H23FN2/c1-3-13(17)10-11-9-12(16)7-8-15(11)18(2)14-5-4-6-14/h7-9,13-14H,3-6,10,17H2,1-2H3. The molecule has 0 amide bonds. The highest BCUT2D eigenvalue weighted by Gasteiger charge is 2.24. The Morgan fingerprint density at radius 2 is 2.17 bits per heavy atom. The van der Waals surface area contributed by atoms with E-state index < -0.39 is 0 Å². The third-order valence-electron chi connectivity index (χ3n) is 4.05. The summed E-state index contributed by atoms with van der Waals surface area (Å²) in [5, 5.41) is 0. The first kappa shape index (κ1) is 13.3. The van der Waals surface area contributed by atoms with Crippen molar-refractivity contribution in [3.8, 4) is 0 Å². The van der Waals surface area contributed by atoms with Gasteiger partial charge in [0.1, 0.15) is 5.82 Å². The molecule has 0 heterocycles. The van der Waals surface area contributed by atoms with Gasteiger partial charge >= 0.3 is 0 Å². The van der Waals surface area contributed by atoms with Crippen molar-refractivity contribution in [1.82, 2.24) is 0 Å². The Morgan fingerprint density at radius 3 is 2.72 bits per heavy atom. The molecule has 0 saturated heterocycles. The summed E-state index contributed by atoms with van der Waals surface area (Å²) in [6.07, 6.45) is 5.46. The molecule has 0 bridgehead atoms. The first-order chi connectivity index (χ1) is 8.61. The minimum absolute atomic E-state index is 0.111. The molecule has 2 N–H and O–H groups in total. The summed E-state index contributed by atoms with van der Waals surface area (Å²) in [5.74, 6) is -0.168. The van der Waals surface area contributed by atoms with Gasteiger partial charge in [0.15, 0.2) is 0 Å². The Bertz CT molecular complexity index is 401. The van der Waals surface area contributed by atoms with Gasteiger partial charge in [0.25, 0.3) is 0 Å². The first-order valence-electron chi connectivity index (χ1n) is 6.88. The normalized spacial score (nSPS) is 17.3. The smallest absolute Gasteiger partial charge is 0.123 e. The molecule has 18 heavy (non-hydrogen) atoms. The van der Waals surface area contributed by atoms with Crippen molar-refractivity contribution >= 4 is 5.69 Å². The lowest BCUT2D eigenvalue weighted by molar-refractivity contribution is 0.400. The van der Waals surface area contributed by atoms with E-state index in [9.17, 15) is 4.39 Å². The number of hydrogen-bond acceptors (Lipinski definition) is 2. The highest BCUT2D eigenvalue weighted by molar-refractivity contribution is 5.54. The van der Waals surface area contributed by atoms with Crippen LogP contribution in [0, 0.1) is 5.82 Å². The second-order valence-electron chi connectivity index (χ2n) is 5.34. The summed E-state index contributed by atoms with van der Waals surface area (Å²) >= 11 is 0. The molecular weight excluding hydrogens is 227 g/mol. The number of rotatable bonds is 5. The molecule has 1 aromatic rings. The van der Waals surface area contributed by atoms with Gasteiger partial charge in [0.2, 0.25) is 0 Å². The van der Waals surface area contributed by atoms with Gasteiger partial charge in [-0.05, 0) is 55.9 Å². The van der Waals surface area contributed by atoms with E-state index in [1.807, 2.05) is 6.07 Å². The van der Waals surface area contributed by atoms with Crippen LogP contribution in [-0.4, -0.2) is 19.1 Å². The van der Waals surface area contributed by atoms with E-state index in [0.717, 1.165) is 24.1 Å². The number of nitrogens with zero attached hydrogens (tertiary/aromatic N) is 1. The van der Waals surface area contributed by atoms with Crippen LogP contribution >= 0.6 is 0 Å². The molecule has 0 aromatic heterocycles. The van der Waals surface area contributed by atoms with Crippen molar-refractivity contribution in [2.75, 3.05) is 11.9 Å². The fourth-order valence-electron chi connectivity index (χ4n) is 2.46. The van der Waals surface area contributed by atoms with Crippen molar-refractivity contribution in [3.63, 3.8) is 0 Å². The molecule has 1 atom stereocenters. The lowest BCUT2D eigenvalue weighted by Gasteiger charge is -2.37. The van der Waals surface area contributed by atoms with Gasteiger partial charge in [-0.2, -0.15) is 0 Å². The monoisotopic (exact) mass is 250 g/mol. The highest BCUT2D eigenvalue weighted by Crippen LogP contribution is 2.31. The zero-order chi connectivity index (χ0) is 13.1. The zero-order valence-corrected chi connectivity index (χ0v) is 11.3. The molecule has 1 unspecified atom stereocenters. The summed E-state index contributed by atoms with van der Waals surface area (Å²) in [6.45, 7) is 2.07. The molecule has 1 aromatic carbocycles. The van der Waals surface area contributed by atoms with Crippen molar-refractivity contribution < 1.29 is 4.39 Å². The average molecular weight is 250 g/mol. The van der Waals surface area contributed by atoms with Crippen LogP contribution in [0.4, 0.5) is 10.1 Å². The van der Waals surface area contributed by atoms with Crippen molar-refractivity contribution in [2.24, 2.45) is 5.73 Å². The number of halogens is 1. The average Bonchev–Trinajstić information content (AvgIpc) is 2.26. The maximum Gasteiger partial charge on any atom is 0.123 e. The Balaban J connectivity index is 2.21. The molecular formula is C15H23FN2. The van der Waals surface area contributed by atoms with Crippen LogP contribution in [0.5, 0.6) is 0 Å². The van der Waals surface area contributed by atoms with E-state index in [0.29, 0.717) is 6.04 Å². The maximum absolute atomic E-state index is 13.4. The molecule has 1 aliphatic rings. The van der Waals surface area contributed by atoms with Gasteiger partial charge in [-0.1, -0.05) is 6.92 Å². The van der Waals surface area contributed by atoms with Gasteiger partial charge in [-0.15, -0.1) is 0 Å². The van der Waals surface area contributed by atoms with Crippen LogP contribution in [0.15, 0.2) is 18.2 Å². The van der Waals surface area contributed by atoms with E-state index in [1.54, 1.807) is 12.1 Å². The molecule has 0 aliphatic heterocycles. The molecule has 2 nitrogen and oxygen atoms in total. The van der Waals surface area contributed by atoms with Crippen molar-refractivity contribution in [2.45, 2.75) is 51.1 Å².